The molecule has 1 aliphatic heterocycles. The van der Waals surface area contributed by atoms with Gasteiger partial charge in [0, 0.05) is 6.54 Å². The van der Waals surface area contributed by atoms with Crippen LogP contribution in [-0.2, 0) is 4.74 Å². The number of hydrogen-bond donors (Lipinski definition) is 2. The van der Waals surface area contributed by atoms with Gasteiger partial charge in [0.05, 0.1) is 6.61 Å². The molecule has 0 saturated carbocycles. The molecule has 3 nitrogen and oxygen atoms in total. The van der Waals surface area contributed by atoms with Crippen molar-refractivity contribution >= 4 is 12.4 Å². The first kappa shape index (κ1) is 11.3. The van der Waals surface area contributed by atoms with E-state index >= 15 is 0 Å². The van der Waals surface area contributed by atoms with Crippen molar-refractivity contribution in [3.8, 4) is 5.75 Å². The van der Waals surface area contributed by atoms with Gasteiger partial charge in [0.2, 0.25) is 0 Å². The molecule has 0 amide bonds. The van der Waals surface area contributed by atoms with Gasteiger partial charge in [-0.15, -0.1) is 12.4 Å². The van der Waals surface area contributed by atoms with Crippen molar-refractivity contribution < 1.29 is 9.84 Å². The molecule has 1 unspecified atom stereocenters. The first-order valence-corrected chi connectivity index (χ1v) is 4.50. The zero-order valence-electron chi connectivity index (χ0n) is 7.77. The minimum absolute atomic E-state index is 0. The molecule has 0 aliphatic carbocycles. The minimum Gasteiger partial charge on any atom is -0.508 e. The van der Waals surface area contributed by atoms with E-state index in [-0.39, 0.29) is 18.6 Å². The van der Waals surface area contributed by atoms with Gasteiger partial charge in [0.15, 0.2) is 0 Å². The number of rotatable bonds is 1. The van der Waals surface area contributed by atoms with Crippen molar-refractivity contribution in [2.24, 2.45) is 0 Å². The molecule has 0 spiro atoms. The van der Waals surface area contributed by atoms with Crippen molar-refractivity contribution in [1.82, 2.24) is 5.32 Å². The molecule has 0 aromatic heterocycles. The predicted octanol–water partition coefficient (Wildman–Crippen LogP) is 1.82. The second-order valence-corrected chi connectivity index (χ2v) is 3.15. The quantitative estimate of drug-likeness (QED) is 0.751. The van der Waals surface area contributed by atoms with Gasteiger partial charge >= 0.3 is 0 Å². The van der Waals surface area contributed by atoms with Crippen LogP contribution in [0.3, 0.4) is 0 Å². The molecule has 1 aromatic carbocycles. The van der Waals surface area contributed by atoms with E-state index in [9.17, 15) is 0 Å². The van der Waals surface area contributed by atoms with Gasteiger partial charge in [0.25, 0.3) is 0 Å². The number of benzene rings is 1. The average Bonchev–Trinajstić information content (AvgIpc) is 2.20. The van der Waals surface area contributed by atoms with Crippen LogP contribution in [0.5, 0.6) is 5.75 Å². The SMILES string of the molecule is Cl.Oc1ccc(C2NCCCO2)cc1. The zero-order chi connectivity index (χ0) is 9.10. The average molecular weight is 216 g/mol. The number of phenols is 1. The maximum Gasteiger partial charge on any atom is 0.134 e. The van der Waals surface area contributed by atoms with Crippen LogP contribution >= 0.6 is 12.4 Å². The van der Waals surface area contributed by atoms with E-state index in [2.05, 4.69) is 5.32 Å². The maximum atomic E-state index is 9.09. The first-order chi connectivity index (χ1) is 6.36. The summed E-state index contributed by atoms with van der Waals surface area (Å²) in [7, 11) is 0. The summed E-state index contributed by atoms with van der Waals surface area (Å²) >= 11 is 0. The van der Waals surface area contributed by atoms with Crippen LogP contribution in [0.25, 0.3) is 0 Å². The standard InChI is InChI=1S/C10H13NO2.ClH/c12-9-4-2-8(3-5-9)10-11-6-1-7-13-10;/h2-5,10-12H,1,6-7H2;1H. The molecule has 1 aliphatic rings. The molecule has 1 atom stereocenters. The number of hydrogen-bond acceptors (Lipinski definition) is 3. The third-order valence-corrected chi connectivity index (χ3v) is 2.13. The van der Waals surface area contributed by atoms with Crippen LogP contribution in [0.2, 0.25) is 0 Å². The van der Waals surface area contributed by atoms with Crippen molar-refractivity contribution in [2.75, 3.05) is 13.2 Å². The Morgan fingerprint density at radius 1 is 1.29 bits per heavy atom. The fraction of sp³-hybridized carbons (Fsp3) is 0.400. The summed E-state index contributed by atoms with van der Waals surface area (Å²) in [5.41, 5.74) is 1.07. The molecule has 14 heavy (non-hydrogen) atoms. The molecule has 1 saturated heterocycles. The molecule has 78 valence electrons. The fourth-order valence-electron chi connectivity index (χ4n) is 1.43. The number of phenolic OH excluding ortho intramolecular Hbond substituents is 1. The van der Waals surface area contributed by atoms with Gasteiger partial charge in [-0.3, -0.25) is 5.32 Å². The van der Waals surface area contributed by atoms with Crippen molar-refractivity contribution in [1.29, 1.82) is 0 Å². The lowest BCUT2D eigenvalue weighted by Gasteiger charge is -2.24. The van der Waals surface area contributed by atoms with Gasteiger partial charge < -0.3 is 9.84 Å². The summed E-state index contributed by atoms with van der Waals surface area (Å²) in [6.45, 7) is 1.80. The largest absolute Gasteiger partial charge is 0.508 e. The summed E-state index contributed by atoms with van der Waals surface area (Å²) in [4.78, 5) is 0. The van der Waals surface area contributed by atoms with Gasteiger partial charge in [-0.2, -0.15) is 0 Å². The number of ether oxygens (including phenoxy) is 1. The normalized spacial score (nSPS) is 21.3. The highest BCUT2D eigenvalue weighted by Gasteiger charge is 2.14. The summed E-state index contributed by atoms with van der Waals surface area (Å²) in [6, 6.07) is 7.10. The van der Waals surface area contributed by atoms with E-state index in [1.54, 1.807) is 12.1 Å². The predicted molar refractivity (Wildman–Crippen MR) is 56.7 cm³/mol. The Hall–Kier alpha value is -0.770. The van der Waals surface area contributed by atoms with Crippen LogP contribution in [0.1, 0.15) is 18.2 Å². The van der Waals surface area contributed by atoms with E-state index in [1.807, 2.05) is 12.1 Å². The number of nitrogens with one attached hydrogen (secondary N) is 1. The highest BCUT2D eigenvalue weighted by atomic mass is 35.5. The molecule has 1 fully saturated rings. The highest BCUT2D eigenvalue weighted by molar-refractivity contribution is 5.85. The van der Waals surface area contributed by atoms with E-state index in [0.717, 1.165) is 25.1 Å². The molecular formula is C10H14ClNO2. The minimum atomic E-state index is -0.00523. The van der Waals surface area contributed by atoms with Gasteiger partial charge in [-0.05, 0) is 24.1 Å². The first-order valence-electron chi connectivity index (χ1n) is 4.50. The Balaban J connectivity index is 0.000000980. The van der Waals surface area contributed by atoms with E-state index < -0.39 is 0 Å². The van der Waals surface area contributed by atoms with Crippen LogP contribution in [0, 0.1) is 0 Å². The Kier molecular flexibility index (Phi) is 4.20. The lowest BCUT2D eigenvalue weighted by molar-refractivity contribution is -0.000330. The topological polar surface area (TPSA) is 41.5 Å². The third kappa shape index (κ3) is 2.61. The Labute approximate surface area is 89.5 Å². The smallest absolute Gasteiger partial charge is 0.134 e. The van der Waals surface area contributed by atoms with Crippen molar-refractivity contribution in [2.45, 2.75) is 12.6 Å². The Morgan fingerprint density at radius 2 is 2.00 bits per heavy atom. The molecule has 2 N–H and O–H groups in total. The zero-order valence-corrected chi connectivity index (χ0v) is 8.59. The maximum absolute atomic E-state index is 9.09. The molecule has 4 heteroatoms. The highest BCUT2D eigenvalue weighted by Crippen LogP contribution is 2.19. The monoisotopic (exact) mass is 215 g/mol. The number of aromatic hydroxyl groups is 1. The van der Waals surface area contributed by atoms with E-state index in [4.69, 9.17) is 9.84 Å². The molecule has 1 aromatic rings. The van der Waals surface area contributed by atoms with Gasteiger partial charge in [-0.25, -0.2) is 0 Å². The van der Waals surface area contributed by atoms with Gasteiger partial charge in [0.1, 0.15) is 12.0 Å². The summed E-state index contributed by atoms with van der Waals surface area (Å²) in [6.07, 6.45) is 1.06. The molecular weight excluding hydrogens is 202 g/mol. The second-order valence-electron chi connectivity index (χ2n) is 3.15. The van der Waals surface area contributed by atoms with Crippen LogP contribution < -0.4 is 5.32 Å². The lowest BCUT2D eigenvalue weighted by atomic mass is 10.1. The molecule has 2 rings (SSSR count). The lowest BCUT2D eigenvalue weighted by Crippen LogP contribution is -2.30. The Bertz CT molecular complexity index is 270. The third-order valence-electron chi connectivity index (χ3n) is 2.13. The summed E-state index contributed by atoms with van der Waals surface area (Å²) in [5.74, 6) is 0.291. The molecule has 1 heterocycles. The van der Waals surface area contributed by atoms with Gasteiger partial charge in [-0.1, -0.05) is 12.1 Å². The number of halogens is 1. The van der Waals surface area contributed by atoms with Crippen molar-refractivity contribution in [3.05, 3.63) is 29.8 Å². The summed E-state index contributed by atoms with van der Waals surface area (Å²) < 4.78 is 5.51. The second kappa shape index (κ2) is 5.20. The fourth-order valence-corrected chi connectivity index (χ4v) is 1.43. The summed E-state index contributed by atoms with van der Waals surface area (Å²) in [5, 5.41) is 12.3. The molecule has 0 bridgehead atoms. The van der Waals surface area contributed by atoms with Crippen molar-refractivity contribution in [3.63, 3.8) is 0 Å². The van der Waals surface area contributed by atoms with E-state index in [1.165, 1.54) is 0 Å². The van der Waals surface area contributed by atoms with E-state index in [0.29, 0.717) is 5.75 Å². The Morgan fingerprint density at radius 3 is 2.57 bits per heavy atom. The van der Waals surface area contributed by atoms with Crippen LogP contribution in [0.4, 0.5) is 0 Å². The van der Waals surface area contributed by atoms with Crippen LogP contribution in [-0.4, -0.2) is 18.3 Å². The van der Waals surface area contributed by atoms with Crippen LogP contribution in [0.15, 0.2) is 24.3 Å². The molecule has 0 radical (unpaired) electrons.